The summed E-state index contributed by atoms with van der Waals surface area (Å²) in [6.07, 6.45) is 2.82. The van der Waals surface area contributed by atoms with Crippen molar-refractivity contribution in [2.45, 2.75) is 38.8 Å². The molecule has 0 radical (unpaired) electrons. The van der Waals surface area contributed by atoms with E-state index in [1.807, 2.05) is 24.3 Å². The zero-order valence-corrected chi connectivity index (χ0v) is 12.1. The van der Waals surface area contributed by atoms with Crippen molar-refractivity contribution in [3.05, 3.63) is 35.4 Å². The first-order chi connectivity index (χ1) is 9.69. The standard InChI is InChI=1S/C16H24N2O2/c1-2-18(15-7-8-15)10-9-17-12-14-5-3-13(4-6-14)11-16(19)20/h3-6,15,17H,2,7-12H2,1H3,(H,19,20). The molecular formula is C16H24N2O2. The van der Waals surface area contributed by atoms with E-state index in [4.69, 9.17) is 5.11 Å². The third kappa shape index (κ3) is 4.94. The van der Waals surface area contributed by atoms with Crippen LogP contribution in [0.25, 0.3) is 0 Å². The molecule has 2 rings (SSSR count). The van der Waals surface area contributed by atoms with Gasteiger partial charge in [-0.2, -0.15) is 0 Å². The minimum atomic E-state index is -0.782. The fraction of sp³-hybridized carbons (Fsp3) is 0.562. The van der Waals surface area contributed by atoms with Crippen molar-refractivity contribution in [1.29, 1.82) is 0 Å². The first kappa shape index (κ1) is 15.0. The number of carboxylic acids is 1. The summed E-state index contributed by atoms with van der Waals surface area (Å²) in [6.45, 7) is 6.31. The maximum atomic E-state index is 10.6. The monoisotopic (exact) mass is 276 g/mol. The molecule has 1 aromatic carbocycles. The number of carboxylic acid groups (broad SMARTS) is 1. The molecular weight excluding hydrogens is 252 g/mol. The molecule has 1 saturated carbocycles. The number of benzene rings is 1. The Bertz CT molecular complexity index is 427. The molecule has 2 N–H and O–H groups in total. The first-order valence-electron chi connectivity index (χ1n) is 7.43. The zero-order valence-electron chi connectivity index (χ0n) is 12.1. The molecule has 20 heavy (non-hydrogen) atoms. The van der Waals surface area contributed by atoms with E-state index in [1.54, 1.807) is 0 Å². The molecule has 0 bridgehead atoms. The third-order valence-corrected chi connectivity index (χ3v) is 3.75. The fourth-order valence-electron chi connectivity index (χ4n) is 2.44. The molecule has 4 heteroatoms. The highest BCUT2D eigenvalue weighted by Crippen LogP contribution is 2.25. The second-order valence-electron chi connectivity index (χ2n) is 5.42. The van der Waals surface area contributed by atoms with Gasteiger partial charge in [0, 0.05) is 25.7 Å². The van der Waals surface area contributed by atoms with Crippen molar-refractivity contribution in [3.63, 3.8) is 0 Å². The average Bonchev–Trinajstić information content (AvgIpc) is 3.24. The van der Waals surface area contributed by atoms with Gasteiger partial charge in [-0.3, -0.25) is 9.69 Å². The second-order valence-corrected chi connectivity index (χ2v) is 5.42. The summed E-state index contributed by atoms with van der Waals surface area (Å²) in [5, 5.41) is 12.2. The van der Waals surface area contributed by atoms with Gasteiger partial charge < -0.3 is 10.4 Å². The lowest BCUT2D eigenvalue weighted by Crippen LogP contribution is -2.33. The molecule has 1 aromatic rings. The topological polar surface area (TPSA) is 52.6 Å². The van der Waals surface area contributed by atoms with Crippen LogP contribution in [0.3, 0.4) is 0 Å². The van der Waals surface area contributed by atoms with Crippen LogP contribution >= 0.6 is 0 Å². The number of hydrogen-bond donors (Lipinski definition) is 2. The zero-order chi connectivity index (χ0) is 14.4. The summed E-state index contributed by atoms with van der Waals surface area (Å²) in [5.74, 6) is -0.782. The highest BCUT2D eigenvalue weighted by Gasteiger charge is 2.26. The minimum Gasteiger partial charge on any atom is -0.481 e. The number of aliphatic carboxylic acids is 1. The van der Waals surface area contributed by atoms with E-state index in [-0.39, 0.29) is 6.42 Å². The minimum absolute atomic E-state index is 0.0978. The van der Waals surface area contributed by atoms with Gasteiger partial charge in [-0.05, 0) is 30.5 Å². The lowest BCUT2D eigenvalue weighted by atomic mass is 10.1. The van der Waals surface area contributed by atoms with Crippen molar-refractivity contribution in [2.24, 2.45) is 0 Å². The second kappa shape index (κ2) is 7.41. The van der Waals surface area contributed by atoms with Crippen molar-refractivity contribution < 1.29 is 9.90 Å². The molecule has 0 saturated heterocycles. The van der Waals surface area contributed by atoms with Crippen molar-refractivity contribution >= 4 is 5.97 Å². The quantitative estimate of drug-likeness (QED) is 0.676. The Kier molecular flexibility index (Phi) is 5.56. The number of carbonyl (C=O) groups is 1. The van der Waals surface area contributed by atoms with Crippen molar-refractivity contribution in [3.8, 4) is 0 Å². The smallest absolute Gasteiger partial charge is 0.307 e. The Balaban J connectivity index is 1.67. The maximum Gasteiger partial charge on any atom is 0.307 e. The molecule has 0 spiro atoms. The van der Waals surface area contributed by atoms with Crippen LogP contribution in [0.15, 0.2) is 24.3 Å². The van der Waals surface area contributed by atoms with E-state index in [9.17, 15) is 4.79 Å². The normalized spacial score (nSPS) is 14.7. The summed E-state index contributed by atoms with van der Waals surface area (Å²) in [7, 11) is 0. The third-order valence-electron chi connectivity index (χ3n) is 3.75. The SMILES string of the molecule is CCN(CCNCc1ccc(CC(=O)O)cc1)C1CC1. The van der Waals surface area contributed by atoms with Crippen LogP contribution in [0.1, 0.15) is 30.9 Å². The van der Waals surface area contributed by atoms with Gasteiger partial charge in [-0.15, -0.1) is 0 Å². The molecule has 1 aliphatic rings. The van der Waals surface area contributed by atoms with E-state index >= 15 is 0 Å². The molecule has 0 unspecified atom stereocenters. The van der Waals surface area contributed by atoms with E-state index in [0.717, 1.165) is 37.8 Å². The van der Waals surface area contributed by atoms with E-state index in [0.29, 0.717) is 0 Å². The highest BCUT2D eigenvalue weighted by molar-refractivity contribution is 5.70. The molecule has 1 aliphatic carbocycles. The Hall–Kier alpha value is -1.39. The van der Waals surface area contributed by atoms with Crippen molar-refractivity contribution in [2.75, 3.05) is 19.6 Å². The van der Waals surface area contributed by atoms with Gasteiger partial charge in [0.2, 0.25) is 0 Å². The molecule has 0 aliphatic heterocycles. The molecule has 4 nitrogen and oxygen atoms in total. The Morgan fingerprint density at radius 1 is 1.30 bits per heavy atom. The Morgan fingerprint density at radius 3 is 2.50 bits per heavy atom. The van der Waals surface area contributed by atoms with Crippen LogP contribution in [0, 0.1) is 0 Å². The lowest BCUT2D eigenvalue weighted by Gasteiger charge is -2.19. The molecule has 0 amide bonds. The molecule has 1 fully saturated rings. The first-order valence-corrected chi connectivity index (χ1v) is 7.43. The van der Waals surface area contributed by atoms with E-state index in [2.05, 4.69) is 17.1 Å². The Morgan fingerprint density at radius 2 is 1.95 bits per heavy atom. The largest absolute Gasteiger partial charge is 0.481 e. The van der Waals surface area contributed by atoms with Crippen LogP contribution in [0.2, 0.25) is 0 Å². The van der Waals surface area contributed by atoms with Gasteiger partial charge in [-0.25, -0.2) is 0 Å². The molecule has 0 atom stereocenters. The summed E-state index contributed by atoms with van der Waals surface area (Å²) in [6, 6.07) is 8.63. The van der Waals surface area contributed by atoms with Crippen molar-refractivity contribution in [1.82, 2.24) is 10.2 Å². The Labute approximate surface area is 120 Å². The van der Waals surface area contributed by atoms with Gasteiger partial charge in [0.1, 0.15) is 0 Å². The van der Waals surface area contributed by atoms with E-state index in [1.165, 1.54) is 18.4 Å². The number of nitrogens with zero attached hydrogens (tertiary/aromatic N) is 1. The average molecular weight is 276 g/mol. The van der Waals surface area contributed by atoms with Gasteiger partial charge in [0.25, 0.3) is 0 Å². The fourth-order valence-corrected chi connectivity index (χ4v) is 2.44. The summed E-state index contributed by atoms with van der Waals surface area (Å²) in [4.78, 5) is 13.1. The van der Waals surface area contributed by atoms with E-state index < -0.39 is 5.97 Å². The summed E-state index contributed by atoms with van der Waals surface area (Å²) in [5.41, 5.74) is 2.06. The molecule has 110 valence electrons. The van der Waals surface area contributed by atoms with Gasteiger partial charge in [-0.1, -0.05) is 31.2 Å². The summed E-state index contributed by atoms with van der Waals surface area (Å²) < 4.78 is 0. The van der Waals surface area contributed by atoms with Crippen LogP contribution < -0.4 is 5.32 Å². The number of likely N-dealkylation sites (N-methyl/N-ethyl adjacent to an activating group) is 1. The predicted octanol–water partition coefficient (Wildman–Crippen LogP) is 1.89. The predicted molar refractivity (Wildman–Crippen MR) is 79.8 cm³/mol. The molecule has 0 heterocycles. The van der Waals surface area contributed by atoms with Crippen LogP contribution in [0.5, 0.6) is 0 Å². The van der Waals surface area contributed by atoms with Crippen LogP contribution in [0.4, 0.5) is 0 Å². The van der Waals surface area contributed by atoms with Gasteiger partial charge in [0.15, 0.2) is 0 Å². The number of rotatable bonds is 9. The van der Waals surface area contributed by atoms with Crippen LogP contribution in [-0.2, 0) is 17.8 Å². The van der Waals surface area contributed by atoms with Crippen LogP contribution in [-0.4, -0.2) is 41.7 Å². The highest BCUT2D eigenvalue weighted by atomic mass is 16.4. The maximum absolute atomic E-state index is 10.6. The number of nitrogens with one attached hydrogen (secondary N) is 1. The van der Waals surface area contributed by atoms with Gasteiger partial charge in [0.05, 0.1) is 6.42 Å². The lowest BCUT2D eigenvalue weighted by molar-refractivity contribution is -0.136. The molecule has 0 aromatic heterocycles. The summed E-state index contributed by atoms with van der Waals surface area (Å²) >= 11 is 0. The number of hydrogen-bond acceptors (Lipinski definition) is 3. The van der Waals surface area contributed by atoms with Gasteiger partial charge >= 0.3 is 5.97 Å².